The van der Waals surface area contributed by atoms with Crippen LogP contribution >= 0.6 is 0 Å². The first kappa shape index (κ1) is 14.3. The highest BCUT2D eigenvalue weighted by atomic mass is 16.5. The summed E-state index contributed by atoms with van der Waals surface area (Å²) in [6.07, 6.45) is 0. The van der Waals surface area contributed by atoms with Gasteiger partial charge in [-0.3, -0.25) is 4.79 Å². The summed E-state index contributed by atoms with van der Waals surface area (Å²) in [7, 11) is 4.39. The molecule has 0 spiro atoms. The van der Waals surface area contributed by atoms with Crippen LogP contribution in [0, 0.1) is 0 Å². The van der Waals surface area contributed by atoms with E-state index in [1.807, 2.05) is 0 Å². The van der Waals surface area contributed by atoms with E-state index in [-0.39, 0.29) is 0 Å². The summed E-state index contributed by atoms with van der Waals surface area (Å²) in [5, 5.41) is 8.89. The Kier molecular flexibility index (Phi) is 4.94. The van der Waals surface area contributed by atoms with Gasteiger partial charge in [-0.05, 0) is 12.1 Å². The summed E-state index contributed by atoms with van der Waals surface area (Å²) in [4.78, 5) is 11.9. The van der Waals surface area contributed by atoms with E-state index in [9.17, 15) is 4.79 Å². The van der Waals surface area contributed by atoms with Crippen LogP contribution in [0.2, 0.25) is 0 Å². The maximum absolute atomic E-state index is 11.9. The lowest BCUT2D eigenvalue weighted by Gasteiger charge is -2.14. The summed E-state index contributed by atoms with van der Waals surface area (Å²) >= 11 is 0. The summed E-state index contributed by atoms with van der Waals surface area (Å²) < 4.78 is 15.4. The fourth-order valence-corrected chi connectivity index (χ4v) is 1.52. The monoisotopic (exact) mass is 255 g/mol. The first-order chi connectivity index (χ1) is 8.58. The second-order valence-electron chi connectivity index (χ2n) is 3.57. The molecule has 1 aromatic rings. The third-order valence-electron chi connectivity index (χ3n) is 2.48. The average Bonchev–Trinajstić information content (AvgIpc) is 2.43. The van der Waals surface area contributed by atoms with E-state index >= 15 is 0 Å². The number of hydrogen-bond acceptors (Lipinski definition) is 6. The van der Waals surface area contributed by atoms with E-state index in [2.05, 4.69) is 0 Å². The Labute approximate surface area is 105 Å². The Morgan fingerprint density at radius 1 is 1.22 bits per heavy atom. The predicted molar refractivity (Wildman–Crippen MR) is 65.5 cm³/mol. The van der Waals surface area contributed by atoms with Crippen molar-refractivity contribution in [3.8, 4) is 17.2 Å². The summed E-state index contributed by atoms with van der Waals surface area (Å²) in [5.41, 5.74) is 5.79. The number of carbonyl (C=O) groups excluding carboxylic acids is 1. The van der Waals surface area contributed by atoms with Crippen LogP contribution in [0.4, 0.5) is 0 Å². The molecule has 0 saturated carbocycles. The number of nitrogens with two attached hydrogens (primary N) is 1. The van der Waals surface area contributed by atoms with Crippen molar-refractivity contribution in [2.75, 3.05) is 27.9 Å². The Bertz CT molecular complexity index is 407. The Hall–Kier alpha value is -1.79. The predicted octanol–water partition coefficient (Wildman–Crippen LogP) is 0.215. The zero-order valence-electron chi connectivity index (χ0n) is 10.6. The fourth-order valence-electron chi connectivity index (χ4n) is 1.52. The van der Waals surface area contributed by atoms with Gasteiger partial charge < -0.3 is 25.1 Å². The van der Waals surface area contributed by atoms with Crippen LogP contribution in [0.3, 0.4) is 0 Å². The molecule has 1 aromatic carbocycles. The normalized spacial score (nSPS) is 11.8. The smallest absolute Gasteiger partial charge is 0.203 e. The van der Waals surface area contributed by atoms with Gasteiger partial charge in [-0.25, -0.2) is 0 Å². The van der Waals surface area contributed by atoms with Gasteiger partial charge in [0.1, 0.15) is 0 Å². The molecular formula is C12H17NO5. The maximum atomic E-state index is 11.9. The highest BCUT2D eigenvalue weighted by Gasteiger charge is 2.20. The van der Waals surface area contributed by atoms with E-state index < -0.39 is 18.4 Å². The number of carbonyl (C=O) groups is 1. The van der Waals surface area contributed by atoms with Gasteiger partial charge in [-0.2, -0.15) is 0 Å². The van der Waals surface area contributed by atoms with Gasteiger partial charge in [0.25, 0.3) is 0 Å². The van der Waals surface area contributed by atoms with E-state index in [0.29, 0.717) is 22.8 Å². The molecule has 1 unspecified atom stereocenters. The number of benzene rings is 1. The van der Waals surface area contributed by atoms with E-state index in [1.165, 1.54) is 33.5 Å². The quantitative estimate of drug-likeness (QED) is 0.706. The van der Waals surface area contributed by atoms with Gasteiger partial charge in [-0.1, -0.05) is 0 Å². The minimum absolute atomic E-state index is 0.297. The van der Waals surface area contributed by atoms with Gasteiger partial charge in [0, 0.05) is 5.56 Å². The Morgan fingerprint density at radius 2 is 1.72 bits per heavy atom. The molecule has 1 rings (SSSR count). The summed E-state index contributed by atoms with van der Waals surface area (Å²) in [6.45, 7) is -0.421. The number of rotatable bonds is 6. The minimum atomic E-state index is -0.965. The standard InChI is InChI=1S/C12H17NO5/c1-16-9-4-7(11(15)8(13)6-14)5-10(17-2)12(9)18-3/h4-5,8,14H,6,13H2,1-3H3. The van der Waals surface area contributed by atoms with Crippen molar-refractivity contribution < 1.29 is 24.1 Å². The van der Waals surface area contributed by atoms with E-state index in [4.69, 9.17) is 25.1 Å². The van der Waals surface area contributed by atoms with Crippen molar-refractivity contribution >= 4 is 5.78 Å². The van der Waals surface area contributed by atoms with Crippen molar-refractivity contribution in [1.29, 1.82) is 0 Å². The molecule has 0 aliphatic rings. The number of hydrogen-bond donors (Lipinski definition) is 2. The molecule has 0 saturated heterocycles. The molecule has 0 radical (unpaired) electrons. The molecule has 0 aromatic heterocycles. The lowest BCUT2D eigenvalue weighted by Crippen LogP contribution is -2.34. The molecule has 0 aliphatic heterocycles. The zero-order valence-corrected chi connectivity index (χ0v) is 10.6. The second kappa shape index (κ2) is 6.23. The van der Waals surface area contributed by atoms with Gasteiger partial charge in [0.2, 0.25) is 5.75 Å². The molecular weight excluding hydrogens is 238 g/mol. The lowest BCUT2D eigenvalue weighted by atomic mass is 10.0. The average molecular weight is 255 g/mol. The number of Topliss-reactive ketones (excluding diaryl/α,β-unsaturated/α-hetero) is 1. The highest BCUT2D eigenvalue weighted by molar-refractivity contribution is 6.01. The van der Waals surface area contributed by atoms with Crippen molar-refractivity contribution in [3.63, 3.8) is 0 Å². The molecule has 0 aliphatic carbocycles. The number of aliphatic hydroxyl groups is 1. The number of aliphatic hydroxyl groups excluding tert-OH is 1. The fraction of sp³-hybridized carbons (Fsp3) is 0.417. The molecule has 0 bridgehead atoms. The first-order valence-corrected chi connectivity index (χ1v) is 5.29. The van der Waals surface area contributed by atoms with Crippen molar-refractivity contribution in [3.05, 3.63) is 17.7 Å². The second-order valence-corrected chi connectivity index (χ2v) is 3.57. The van der Waals surface area contributed by atoms with Crippen LogP contribution in [-0.2, 0) is 0 Å². The van der Waals surface area contributed by atoms with Crippen molar-refractivity contribution in [2.45, 2.75) is 6.04 Å². The molecule has 6 nitrogen and oxygen atoms in total. The Balaban J connectivity index is 3.27. The summed E-state index contributed by atoms with van der Waals surface area (Å²) in [6, 6.07) is 2.03. The first-order valence-electron chi connectivity index (χ1n) is 5.29. The molecule has 100 valence electrons. The van der Waals surface area contributed by atoms with Crippen molar-refractivity contribution in [2.24, 2.45) is 5.73 Å². The van der Waals surface area contributed by atoms with Gasteiger partial charge in [0.15, 0.2) is 17.3 Å². The maximum Gasteiger partial charge on any atom is 0.203 e. The number of ether oxygens (including phenoxy) is 3. The summed E-state index contributed by atoms with van der Waals surface area (Å²) in [5.74, 6) is 0.738. The molecule has 18 heavy (non-hydrogen) atoms. The lowest BCUT2D eigenvalue weighted by molar-refractivity contribution is 0.0924. The molecule has 1 atom stereocenters. The Morgan fingerprint density at radius 3 is 2.06 bits per heavy atom. The molecule has 0 amide bonds. The van der Waals surface area contributed by atoms with Crippen LogP contribution < -0.4 is 19.9 Å². The minimum Gasteiger partial charge on any atom is -0.493 e. The van der Waals surface area contributed by atoms with Crippen LogP contribution in [0.5, 0.6) is 17.2 Å². The number of methoxy groups -OCH3 is 3. The topological polar surface area (TPSA) is 91.0 Å². The van der Waals surface area contributed by atoms with Gasteiger partial charge in [-0.15, -0.1) is 0 Å². The highest BCUT2D eigenvalue weighted by Crippen LogP contribution is 2.38. The van der Waals surface area contributed by atoms with Crippen LogP contribution in [0.25, 0.3) is 0 Å². The van der Waals surface area contributed by atoms with Crippen LogP contribution in [0.15, 0.2) is 12.1 Å². The zero-order chi connectivity index (χ0) is 13.7. The third kappa shape index (κ3) is 2.72. The van der Waals surface area contributed by atoms with E-state index in [0.717, 1.165) is 0 Å². The number of ketones is 1. The van der Waals surface area contributed by atoms with Gasteiger partial charge >= 0.3 is 0 Å². The van der Waals surface area contributed by atoms with Crippen LogP contribution in [0.1, 0.15) is 10.4 Å². The SMILES string of the molecule is COc1cc(C(=O)C(N)CO)cc(OC)c1OC. The molecule has 0 heterocycles. The molecule has 0 fully saturated rings. The van der Waals surface area contributed by atoms with Crippen LogP contribution in [-0.4, -0.2) is 44.9 Å². The largest absolute Gasteiger partial charge is 0.493 e. The van der Waals surface area contributed by atoms with E-state index in [1.54, 1.807) is 0 Å². The molecule has 6 heteroatoms. The third-order valence-corrected chi connectivity index (χ3v) is 2.48. The van der Waals surface area contributed by atoms with Gasteiger partial charge in [0.05, 0.1) is 34.0 Å². The van der Waals surface area contributed by atoms with Crippen molar-refractivity contribution in [1.82, 2.24) is 0 Å². The molecule has 3 N–H and O–H groups in total.